The van der Waals surface area contributed by atoms with E-state index in [1.807, 2.05) is 12.1 Å². The number of anilines is 1. The zero-order valence-electron chi connectivity index (χ0n) is 20.9. The molecule has 3 aliphatic rings. The van der Waals surface area contributed by atoms with E-state index in [2.05, 4.69) is 4.90 Å². The number of piperidine rings is 1. The summed E-state index contributed by atoms with van der Waals surface area (Å²) in [5.74, 6) is -0.844. The maximum atomic E-state index is 13.8. The predicted molar refractivity (Wildman–Crippen MR) is 133 cm³/mol. The van der Waals surface area contributed by atoms with Gasteiger partial charge in [-0.1, -0.05) is 30.7 Å². The number of carbonyl (C=O) groups excluding carboxylic acids is 2. The summed E-state index contributed by atoms with van der Waals surface area (Å²) in [7, 11) is 0. The molecule has 2 heterocycles. The van der Waals surface area contributed by atoms with Crippen molar-refractivity contribution in [3.8, 4) is 0 Å². The molecule has 2 aromatic rings. The Balaban J connectivity index is 1.38. The number of benzene rings is 2. The summed E-state index contributed by atoms with van der Waals surface area (Å²) in [6, 6.07) is 11.7. The number of urea groups is 1. The van der Waals surface area contributed by atoms with Gasteiger partial charge < -0.3 is 14.9 Å². The van der Waals surface area contributed by atoms with Crippen LogP contribution in [0.2, 0.25) is 0 Å². The number of hydrogen-bond acceptors (Lipinski definition) is 4. The maximum Gasteiger partial charge on any atom is 0.416 e. The number of nitrogens with zero attached hydrogens (tertiary/aromatic N) is 3. The van der Waals surface area contributed by atoms with Gasteiger partial charge in [0.1, 0.15) is 5.54 Å². The molecule has 3 amide bonds. The summed E-state index contributed by atoms with van der Waals surface area (Å²) >= 11 is 0. The molecule has 0 atom stereocenters. The minimum Gasteiger partial charge on any atom is -0.481 e. The molecule has 2 aliphatic heterocycles. The highest BCUT2D eigenvalue weighted by atomic mass is 19.4. The van der Waals surface area contributed by atoms with Crippen molar-refractivity contribution >= 4 is 23.6 Å². The fourth-order valence-electron chi connectivity index (χ4n) is 5.73. The number of rotatable bonds is 7. The van der Waals surface area contributed by atoms with E-state index in [1.165, 1.54) is 17.0 Å². The Morgan fingerprint density at radius 2 is 1.68 bits per heavy atom. The zero-order valence-corrected chi connectivity index (χ0v) is 20.9. The van der Waals surface area contributed by atoms with Gasteiger partial charge in [0.25, 0.3) is 5.91 Å². The van der Waals surface area contributed by atoms with Gasteiger partial charge in [-0.15, -0.1) is 0 Å². The Hall–Kier alpha value is -3.56. The van der Waals surface area contributed by atoms with Crippen LogP contribution in [0, 0.1) is 5.92 Å². The van der Waals surface area contributed by atoms with Gasteiger partial charge in [0.15, 0.2) is 0 Å². The molecule has 38 heavy (non-hydrogen) atoms. The average molecular weight is 530 g/mol. The molecule has 0 bridgehead atoms. The highest BCUT2D eigenvalue weighted by Crippen LogP contribution is 2.41. The van der Waals surface area contributed by atoms with Gasteiger partial charge >= 0.3 is 18.2 Å². The number of alkyl halides is 3. The molecule has 0 radical (unpaired) electrons. The van der Waals surface area contributed by atoms with Crippen LogP contribution in [0.1, 0.15) is 48.8 Å². The van der Waals surface area contributed by atoms with Crippen LogP contribution < -0.4 is 4.90 Å². The first-order valence-electron chi connectivity index (χ1n) is 12.9. The number of halogens is 3. The number of amides is 3. The van der Waals surface area contributed by atoms with Gasteiger partial charge in [-0.3, -0.25) is 14.5 Å². The third-order valence-corrected chi connectivity index (χ3v) is 8.13. The summed E-state index contributed by atoms with van der Waals surface area (Å²) in [4.78, 5) is 43.5. The van der Waals surface area contributed by atoms with E-state index in [0.717, 1.165) is 37.1 Å². The Bertz CT molecular complexity index is 1220. The van der Waals surface area contributed by atoms with Crippen LogP contribution in [-0.2, 0) is 28.7 Å². The Labute approximate surface area is 218 Å². The average Bonchev–Trinajstić information content (AvgIpc) is 3.02. The lowest BCUT2D eigenvalue weighted by molar-refractivity contribution is -0.138. The predicted octanol–water partition coefficient (Wildman–Crippen LogP) is 4.94. The fourth-order valence-corrected chi connectivity index (χ4v) is 5.73. The lowest BCUT2D eigenvalue weighted by atomic mass is 9.83. The highest BCUT2D eigenvalue weighted by Gasteiger charge is 2.58. The van der Waals surface area contributed by atoms with Crippen LogP contribution in [0.4, 0.5) is 23.7 Å². The zero-order chi connectivity index (χ0) is 27.1. The first-order chi connectivity index (χ1) is 18.1. The third kappa shape index (κ3) is 4.96. The third-order valence-electron chi connectivity index (χ3n) is 8.13. The van der Waals surface area contributed by atoms with Gasteiger partial charge in [-0.25, -0.2) is 4.79 Å². The minimum absolute atomic E-state index is 0.0535. The Morgan fingerprint density at radius 3 is 2.26 bits per heavy atom. The normalized spacial score (nSPS) is 19.8. The second-order valence-corrected chi connectivity index (χ2v) is 10.5. The van der Waals surface area contributed by atoms with Gasteiger partial charge in [-0.2, -0.15) is 13.2 Å². The summed E-state index contributed by atoms with van der Waals surface area (Å²) in [6.07, 6.45) is -0.752. The number of imide groups is 1. The van der Waals surface area contributed by atoms with E-state index in [0.29, 0.717) is 49.5 Å². The van der Waals surface area contributed by atoms with Crippen molar-refractivity contribution in [3.63, 3.8) is 0 Å². The van der Waals surface area contributed by atoms with Gasteiger partial charge in [0.2, 0.25) is 0 Å². The van der Waals surface area contributed by atoms with E-state index in [4.69, 9.17) is 5.11 Å². The SMILES string of the molecule is O=C(O)Cc1cccc(N2CCC3(CC2)C(=O)N(CC2CCC2)C(=O)N3Cc2ccc(C(F)(F)F)cc2)c1. The van der Waals surface area contributed by atoms with Crippen LogP contribution in [-0.4, -0.2) is 58.0 Å². The topological polar surface area (TPSA) is 81.2 Å². The van der Waals surface area contributed by atoms with E-state index < -0.39 is 23.2 Å². The molecule has 7 nitrogen and oxygen atoms in total. The summed E-state index contributed by atoms with van der Waals surface area (Å²) in [5.41, 5.74) is 0.255. The number of carboxylic acid groups (broad SMARTS) is 1. The van der Waals surface area contributed by atoms with E-state index >= 15 is 0 Å². The molecular weight excluding hydrogens is 499 g/mol. The molecule has 1 aliphatic carbocycles. The molecule has 10 heteroatoms. The molecule has 3 fully saturated rings. The van der Waals surface area contributed by atoms with Gasteiger partial charge in [0.05, 0.1) is 12.0 Å². The summed E-state index contributed by atoms with van der Waals surface area (Å²) in [6.45, 7) is 1.40. The quantitative estimate of drug-likeness (QED) is 0.514. The van der Waals surface area contributed by atoms with E-state index in [9.17, 15) is 27.6 Å². The van der Waals surface area contributed by atoms with Gasteiger partial charge in [0, 0.05) is 31.9 Å². The number of carbonyl (C=O) groups is 3. The van der Waals surface area contributed by atoms with Crippen LogP contribution in [0.5, 0.6) is 0 Å². The van der Waals surface area contributed by atoms with E-state index in [1.54, 1.807) is 17.0 Å². The first kappa shape index (κ1) is 26.1. The standard InChI is InChI=1S/C28H30F3N3O4/c29-28(30,31)22-9-7-20(8-10-22)18-34-26(38)33(17-19-3-1-4-19)25(37)27(34)11-13-32(14-12-27)23-6-2-5-21(15-23)16-24(35)36/h2,5-10,15,19H,1,3-4,11-14,16-18H2,(H,35,36). The monoisotopic (exact) mass is 529 g/mol. The number of aliphatic carboxylic acids is 1. The van der Waals surface area contributed by atoms with Crippen molar-refractivity contribution in [2.75, 3.05) is 24.5 Å². The molecular formula is C28H30F3N3O4. The van der Waals surface area contributed by atoms with Crippen molar-refractivity contribution in [1.29, 1.82) is 0 Å². The van der Waals surface area contributed by atoms with Crippen LogP contribution in [0.25, 0.3) is 0 Å². The Morgan fingerprint density at radius 1 is 1.00 bits per heavy atom. The molecule has 1 spiro atoms. The molecule has 1 N–H and O–H groups in total. The number of carboxylic acids is 1. The first-order valence-corrected chi connectivity index (χ1v) is 12.9. The lowest BCUT2D eigenvalue weighted by Gasteiger charge is -2.43. The summed E-state index contributed by atoms with van der Waals surface area (Å²) < 4.78 is 39.1. The van der Waals surface area contributed by atoms with Crippen LogP contribution in [0.15, 0.2) is 48.5 Å². The van der Waals surface area contributed by atoms with Crippen molar-refractivity contribution in [2.45, 2.75) is 56.8 Å². The molecule has 2 saturated heterocycles. The Kier molecular flexibility index (Phi) is 6.83. The molecule has 0 aromatic heterocycles. The largest absolute Gasteiger partial charge is 0.481 e. The lowest BCUT2D eigenvalue weighted by Crippen LogP contribution is -2.56. The summed E-state index contributed by atoms with van der Waals surface area (Å²) in [5, 5.41) is 9.13. The fraction of sp³-hybridized carbons (Fsp3) is 0.464. The minimum atomic E-state index is -4.45. The molecule has 5 rings (SSSR count). The van der Waals surface area contributed by atoms with Crippen LogP contribution in [0.3, 0.4) is 0 Å². The maximum absolute atomic E-state index is 13.8. The second-order valence-electron chi connectivity index (χ2n) is 10.5. The molecule has 0 unspecified atom stereocenters. The smallest absolute Gasteiger partial charge is 0.416 e. The highest BCUT2D eigenvalue weighted by molar-refractivity contribution is 6.07. The van der Waals surface area contributed by atoms with Crippen molar-refractivity contribution in [1.82, 2.24) is 9.80 Å². The molecule has 2 aromatic carbocycles. The molecule has 1 saturated carbocycles. The van der Waals surface area contributed by atoms with Crippen LogP contribution >= 0.6 is 0 Å². The van der Waals surface area contributed by atoms with E-state index in [-0.39, 0.29) is 24.9 Å². The number of hydrogen-bond donors (Lipinski definition) is 1. The second kappa shape index (κ2) is 9.96. The van der Waals surface area contributed by atoms with Crippen molar-refractivity contribution in [3.05, 3.63) is 65.2 Å². The van der Waals surface area contributed by atoms with Crippen molar-refractivity contribution in [2.24, 2.45) is 5.92 Å². The van der Waals surface area contributed by atoms with Crippen molar-refractivity contribution < 1.29 is 32.7 Å². The van der Waals surface area contributed by atoms with Gasteiger partial charge in [-0.05, 0) is 67.0 Å². The molecule has 202 valence electrons.